The third kappa shape index (κ3) is 2.71. The Balaban J connectivity index is 2.38. The number of hydrogen-bond donors (Lipinski definition) is 0. The van der Waals surface area contributed by atoms with Gasteiger partial charge < -0.3 is 0 Å². The van der Waals surface area contributed by atoms with Crippen molar-refractivity contribution >= 4 is 10.0 Å². The fraction of sp³-hybridized carbons (Fsp3) is 0.214. The molecule has 20 heavy (non-hydrogen) atoms. The Labute approximate surface area is 117 Å². The molecule has 0 amide bonds. The third-order valence-electron chi connectivity index (χ3n) is 3.23. The molecule has 0 aliphatic heterocycles. The highest BCUT2D eigenvalue weighted by Gasteiger charge is 2.28. The predicted molar refractivity (Wildman–Crippen MR) is 74.0 cm³/mol. The molecule has 106 valence electrons. The summed E-state index contributed by atoms with van der Waals surface area (Å²) in [6.45, 7) is 1.74. The van der Waals surface area contributed by atoms with Gasteiger partial charge in [-0.25, -0.2) is 12.8 Å². The van der Waals surface area contributed by atoms with Crippen LogP contribution in [0.3, 0.4) is 0 Å². The topological polar surface area (TPSA) is 50.3 Å². The van der Waals surface area contributed by atoms with Crippen LogP contribution >= 0.6 is 0 Å². The Morgan fingerprint density at radius 1 is 1.15 bits per heavy atom. The molecule has 0 spiro atoms. The molecule has 0 saturated heterocycles. The zero-order valence-corrected chi connectivity index (χ0v) is 12.0. The average Bonchev–Trinajstić information content (AvgIpc) is 2.47. The predicted octanol–water partition coefficient (Wildman–Crippen LogP) is 2.60. The highest BCUT2D eigenvalue weighted by atomic mass is 32.2. The minimum Gasteiger partial charge on any atom is -0.265 e. The smallest absolute Gasteiger partial charge is 0.246 e. The largest absolute Gasteiger partial charge is 0.265 e. The molecule has 6 heteroatoms. The van der Waals surface area contributed by atoms with Crippen LogP contribution in [0.15, 0.2) is 53.7 Å². The average molecular weight is 294 g/mol. The van der Waals surface area contributed by atoms with Gasteiger partial charge in [0.25, 0.3) is 0 Å². The van der Waals surface area contributed by atoms with E-state index in [0.717, 1.165) is 15.9 Å². The maximum atomic E-state index is 13.7. The third-order valence-corrected chi connectivity index (χ3v) is 5.19. The van der Waals surface area contributed by atoms with Crippen molar-refractivity contribution in [1.29, 1.82) is 0 Å². The second-order valence-electron chi connectivity index (χ2n) is 4.41. The molecule has 0 saturated carbocycles. The van der Waals surface area contributed by atoms with Gasteiger partial charge in [0.15, 0.2) is 0 Å². The van der Waals surface area contributed by atoms with Gasteiger partial charge in [0.1, 0.15) is 10.7 Å². The fourth-order valence-electron chi connectivity index (χ4n) is 1.87. The Kier molecular flexibility index (Phi) is 4.15. The van der Waals surface area contributed by atoms with Crippen molar-refractivity contribution in [2.24, 2.45) is 0 Å². The van der Waals surface area contributed by atoms with Crippen molar-refractivity contribution in [1.82, 2.24) is 9.29 Å². The lowest BCUT2D eigenvalue weighted by Gasteiger charge is -2.24. The molecule has 1 atom stereocenters. The number of pyridine rings is 1. The Hall–Kier alpha value is -1.79. The number of rotatable bonds is 4. The van der Waals surface area contributed by atoms with Crippen LogP contribution in [-0.2, 0) is 10.0 Å². The van der Waals surface area contributed by atoms with Crippen molar-refractivity contribution in [3.63, 3.8) is 0 Å². The maximum absolute atomic E-state index is 13.7. The molecule has 0 bridgehead atoms. The van der Waals surface area contributed by atoms with E-state index >= 15 is 0 Å². The molecule has 1 aromatic heterocycles. The van der Waals surface area contributed by atoms with Gasteiger partial charge in [-0.1, -0.05) is 12.1 Å². The van der Waals surface area contributed by atoms with E-state index in [4.69, 9.17) is 0 Å². The summed E-state index contributed by atoms with van der Waals surface area (Å²) in [7, 11) is -2.44. The van der Waals surface area contributed by atoms with Gasteiger partial charge in [-0.2, -0.15) is 4.31 Å². The highest BCUT2D eigenvalue weighted by molar-refractivity contribution is 7.89. The minimum absolute atomic E-state index is 0.316. The molecule has 2 aromatic rings. The quantitative estimate of drug-likeness (QED) is 0.871. The summed E-state index contributed by atoms with van der Waals surface area (Å²) in [5.41, 5.74) is 0.794. The molecule has 0 aliphatic rings. The van der Waals surface area contributed by atoms with Crippen LogP contribution in [0.2, 0.25) is 0 Å². The lowest BCUT2D eigenvalue weighted by molar-refractivity contribution is 0.395. The highest BCUT2D eigenvalue weighted by Crippen LogP contribution is 2.26. The van der Waals surface area contributed by atoms with E-state index in [9.17, 15) is 12.8 Å². The number of hydrogen-bond acceptors (Lipinski definition) is 3. The van der Waals surface area contributed by atoms with Crippen LogP contribution in [-0.4, -0.2) is 24.8 Å². The van der Waals surface area contributed by atoms with Gasteiger partial charge in [-0.3, -0.25) is 4.98 Å². The van der Waals surface area contributed by atoms with Crippen LogP contribution < -0.4 is 0 Å². The van der Waals surface area contributed by atoms with Gasteiger partial charge in [0.05, 0.1) is 0 Å². The summed E-state index contributed by atoms with van der Waals surface area (Å²) in [6, 6.07) is 8.42. The molecule has 1 unspecified atom stereocenters. The standard InChI is InChI=1S/C14H15FN2O2S/c1-11(12-7-9-16-10-8-12)17(2)20(18,19)14-6-4-3-5-13(14)15/h3-11H,1-2H3. The first-order valence-electron chi connectivity index (χ1n) is 6.07. The van der Waals surface area contributed by atoms with Gasteiger partial charge in [0, 0.05) is 25.5 Å². The molecule has 0 radical (unpaired) electrons. The minimum atomic E-state index is -3.88. The first kappa shape index (κ1) is 14.6. The van der Waals surface area contributed by atoms with Crippen molar-refractivity contribution in [2.45, 2.75) is 17.9 Å². The van der Waals surface area contributed by atoms with Crippen LogP contribution in [0.25, 0.3) is 0 Å². The normalized spacial score (nSPS) is 13.4. The lowest BCUT2D eigenvalue weighted by atomic mass is 10.1. The second kappa shape index (κ2) is 5.68. The molecule has 4 nitrogen and oxygen atoms in total. The van der Waals surface area contributed by atoms with E-state index in [0.29, 0.717) is 0 Å². The monoisotopic (exact) mass is 294 g/mol. The lowest BCUT2D eigenvalue weighted by Crippen LogP contribution is -2.30. The van der Waals surface area contributed by atoms with Crippen molar-refractivity contribution in [2.75, 3.05) is 7.05 Å². The van der Waals surface area contributed by atoms with E-state index < -0.39 is 21.9 Å². The van der Waals surface area contributed by atoms with Crippen LogP contribution in [0.5, 0.6) is 0 Å². The SMILES string of the molecule is CC(c1ccncc1)N(C)S(=O)(=O)c1ccccc1F. The molecular formula is C14H15FN2O2S. The zero-order valence-electron chi connectivity index (χ0n) is 11.2. The van der Waals surface area contributed by atoms with E-state index in [2.05, 4.69) is 4.98 Å². The molecule has 1 heterocycles. The van der Waals surface area contributed by atoms with Crippen molar-refractivity contribution in [3.05, 3.63) is 60.2 Å². The van der Waals surface area contributed by atoms with E-state index in [1.54, 1.807) is 31.5 Å². The summed E-state index contributed by atoms with van der Waals surface area (Å²) in [5.74, 6) is -0.749. The molecular weight excluding hydrogens is 279 g/mol. The Morgan fingerprint density at radius 3 is 2.35 bits per heavy atom. The Bertz CT molecular complexity index is 689. The summed E-state index contributed by atoms with van der Waals surface area (Å²) in [5, 5.41) is 0. The number of nitrogens with zero attached hydrogens (tertiary/aromatic N) is 2. The van der Waals surface area contributed by atoms with E-state index in [1.165, 1.54) is 25.2 Å². The first-order valence-corrected chi connectivity index (χ1v) is 7.51. The fourth-order valence-corrected chi connectivity index (χ4v) is 3.28. The van der Waals surface area contributed by atoms with Crippen LogP contribution in [0, 0.1) is 5.82 Å². The summed E-state index contributed by atoms with van der Waals surface area (Å²) in [4.78, 5) is 3.58. The van der Waals surface area contributed by atoms with Crippen molar-refractivity contribution in [3.8, 4) is 0 Å². The number of aromatic nitrogens is 1. The molecule has 1 aromatic carbocycles. The van der Waals surface area contributed by atoms with Crippen LogP contribution in [0.1, 0.15) is 18.5 Å². The van der Waals surface area contributed by atoms with Gasteiger partial charge in [-0.15, -0.1) is 0 Å². The van der Waals surface area contributed by atoms with Gasteiger partial charge >= 0.3 is 0 Å². The Morgan fingerprint density at radius 2 is 1.75 bits per heavy atom. The second-order valence-corrected chi connectivity index (χ2v) is 6.37. The molecule has 0 N–H and O–H groups in total. The number of benzene rings is 1. The van der Waals surface area contributed by atoms with E-state index in [-0.39, 0.29) is 4.90 Å². The summed E-state index contributed by atoms with van der Waals surface area (Å²) < 4.78 is 39.7. The molecule has 0 fully saturated rings. The van der Waals surface area contributed by atoms with Crippen molar-refractivity contribution < 1.29 is 12.8 Å². The van der Waals surface area contributed by atoms with E-state index in [1.807, 2.05) is 0 Å². The zero-order chi connectivity index (χ0) is 14.8. The summed E-state index contributed by atoms with van der Waals surface area (Å²) >= 11 is 0. The molecule has 0 aliphatic carbocycles. The van der Waals surface area contributed by atoms with Crippen LogP contribution in [0.4, 0.5) is 4.39 Å². The molecule has 2 rings (SSSR count). The van der Waals surface area contributed by atoms with Gasteiger partial charge in [-0.05, 0) is 36.8 Å². The van der Waals surface area contributed by atoms with Gasteiger partial charge in [0.2, 0.25) is 10.0 Å². The maximum Gasteiger partial charge on any atom is 0.246 e. The number of halogens is 1. The number of sulfonamides is 1. The first-order chi connectivity index (χ1) is 9.44. The summed E-state index contributed by atoms with van der Waals surface area (Å²) in [6.07, 6.45) is 3.19.